The van der Waals surface area contributed by atoms with Gasteiger partial charge in [0.2, 0.25) is 0 Å². The van der Waals surface area contributed by atoms with Crippen molar-refractivity contribution in [1.29, 1.82) is 0 Å². The number of carbonyl (C=O) groups is 1. The van der Waals surface area contributed by atoms with Crippen molar-refractivity contribution >= 4 is 28.8 Å². The van der Waals surface area contributed by atoms with Gasteiger partial charge in [-0.2, -0.15) is 0 Å². The molecule has 0 unspecified atom stereocenters. The molecule has 0 spiro atoms. The lowest BCUT2D eigenvalue weighted by molar-refractivity contribution is 0.112. The van der Waals surface area contributed by atoms with Gasteiger partial charge in [-0.25, -0.2) is 0 Å². The SMILES string of the molecule is O=Cc1ccc(Oc2cnc3ccccc3c2)cc1Cl. The third kappa shape index (κ3) is 2.49. The van der Waals surface area contributed by atoms with E-state index in [0.29, 0.717) is 28.4 Å². The van der Waals surface area contributed by atoms with Gasteiger partial charge in [0, 0.05) is 17.0 Å². The summed E-state index contributed by atoms with van der Waals surface area (Å²) in [5, 5.41) is 1.37. The second-order valence-electron chi connectivity index (χ2n) is 4.27. The maximum atomic E-state index is 10.7. The minimum absolute atomic E-state index is 0.367. The summed E-state index contributed by atoms with van der Waals surface area (Å²) in [5.41, 5.74) is 1.35. The first-order valence-corrected chi connectivity index (χ1v) is 6.41. The van der Waals surface area contributed by atoms with Gasteiger partial charge >= 0.3 is 0 Å². The molecule has 0 aliphatic heterocycles. The standard InChI is InChI=1S/C16H10ClNO2/c17-15-8-13(6-5-12(15)10-19)20-14-7-11-3-1-2-4-16(11)18-9-14/h1-10H. The fourth-order valence-electron chi connectivity index (χ4n) is 1.91. The van der Waals surface area contributed by atoms with Crippen LogP contribution in [-0.2, 0) is 0 Å². The molecule has 0 saturated carbocycles. The summed E-state index contributed by atoms with van der Waals surface area (Å²) < 4.78 is 5.70. The molecule has 2 aromatic carbocycles. The highest BCUT2D eigenvalue weighted by Crippen LogP contribution is 2.27. The van der Waals surface area contributed by atoms with E-state index >= 15 is 0 Å². The summed E-state index contributed by atoms with van der Waals surface area (Å²) in [4.78, 5) is 15.0. The summed E-state index contributed by atoms with van der Waals surface area (Å²) in [6.45, 7) is 0. The number of para-hydroxylation sites is 1. The fraction of sp³-hybridized carbons (Fsp3) is 0. The van der Waals surface area contributed by atoms with Crippen LogP contribution in [0.5, 0.6) is 11.5 Å². The number of halogens is 1. The van der Waals surface area contributed by atoms with Crippen molar-refractivity contribution < 1.29 is 9.53 Å². The normalized spacial score (nSPS) is 10.4. The zero-order valence-electron chi connectivity index (χ0n) is 10.4. The van der Waals surface area contributed by atoms with Crippen LogP contribution in [0, 0.1) is 0 Å². The number of ether oxygens (including phenoxy) is 1. The Labute approximate surface area is 120 Å². The van der Waals surface area contributed by atoms with Crippen LogP contribution < -0.4 is 4.74 Å². The zero-order valence-corrected chi connectivity index (χ0v) is 11.2. The molecule has 0 atom stereocenters. The van der Waals surface area contributed by atoms with E-state index in [4.69, 9.17) is 16.3 Å². The van der Waals surface area contributed by atoms with Crippen LogP contribution in [0.1, 0.15) is 10.4 Å². The van der Waals surface area contributed by atoms with Gasteiger partial charge in [0.15, 0.2) is 6.29 Å². The molecule has 0 aliphatic rings. The number of fused-ring (bicyclic) bond motifs is 1. The van der Waals surface area contributed by atoms with Crippen molar-refractivity contribution in [1.82, 2.24) is 4.98 Å². The lowest BCUT2D eigenvalue weighted by Crippen LogP contribution is -1.88. The Hall–Kier alpha value is -2.39. The van der Waals surface area contributed by atoms with E-state index in [2.05, 4.69) is 4.98 Å². The number of carbonyl (C=O) groups excluding carboxylic acids is 1. The molecule has 3 rings (SSSR count). The molecule has 20 heavy (non-hydrogen) atoms. The number of benzene rings is 2. The van der Waals surface area contributed by atoms with E-state index < -0.39 is 0 Å². The maximum absolute atomic E-state index is 10.7. The minimum Gasteiger partial charge on any atom is -0.456 e. The van der Waals surface area contributed by atoms with Crippen LogP contribution in [0.25, 0.3) is 10.9 Å². The van der Waals surface area contributed by atoms with Crippen molar-refractivity contribution in [2.24, 2.45) is 0 Å². The molecular formula is C16H10ClNO2. The molecule has 0 radical (unpaired) electrons. The van der Waals surface area contributed by atoms with Crippen LogP contribution in [0.4, 0.5) is 0 Å². The van der Waals surface area contributed by atoms with Crippen molar-refractivity contribution in [3.8, 4) is 11.5 Å². The molecule has 0 saturated heterocycles. The highest BCUT2D eigenvalue weighted by molar-refractivity contribution is 6.33. The largest absolute Gasteiger partial charge is 0.456 e. The van der Waals surface area contributed by atoms with Crippen LogP contribution in [-0.4, -0.2) is 11.3 Å². The van der Waals surface area contributed by atoms with Crippen LogP contribution in [0.2, 0.25) is 5.02 Å². The molecule has 98 valence electrons. The van der Waals surface area contributed by atoms with Crippen molar-refractivity contribution in [2.45, 2.75) is 0 Å². The predicted molar refractivity (Wildman–Crippen MR) is 78.7 cm³/mol. The predicted octanol–water partition coefficient (Wildman–Crippen LogP) is 4.49. The van der Waals surface area contributed by atoms with Gasteiger partial charge in [-0.15, -0.1) is 0 Å². The first-order chi connectivity index (χ1) is 9.76. The Bertz CT molecular complexity index is 786. The molecule has 1 aromatic heterocycles. The lowest BCUT2D eigenvalue weighted by atomic mass is 10.2. The Morgan fingerprint density at radius 1 is 1.05 bits per heavy atom. The van der Waals surface area contributed by atoms with E-state index in [1.165, 1.54) is 0 Å². The second kappa shape index (κ2) is 5.31. The molecule has 1 heterocycles. The topological polar surface area (TPSA) is 39.2 Å². The van der Waals surface area contributed by atoms with Crippen LogP contribution >= 0.6 is 11.6 Å². The maximum Gasteiger partial charge on any atom is 0.151 e. The molecular weight excluding hydrogens is 274 g/mol. The van der Waals surface area contributed by atoms with Gasteiger partial charge in [0.25, 0.3) is 0 Å². The van der Waals surface area contributed by atoms with Crippen molar-refractivity contribution in [2.75, 3.05) is 0 Å². The summed E-state index contributed by atoms with van der Waals surface area (Å²) in [7, 11) is 0. The number of aromatic nitrogens is 1. The van der Waals surface area contributed by atoms with Gasteiger partial charge in [0.05, 0.1) is 16.7 Å². The summed E-state index contributed by atoms with van der Waals surface area (Å²) in [5.74, 6) is 1.19. The second-order valence-corrected chi connectivity index (χ2v) is 4.67. The number of nitrogens with zero attached hydrogens (tertiary/aromatic N) is 1. The van der Waals surface area contributed by atoms with Gasteiger partial charge < -0.3 is 4.74 Å². The van der Waals surface area contributed by atoms with Gasteiger partial charge in [-0.1, -0.05) is 29.8 Å². The van der Waals surface area contributed by atoms with Crippen LogP contribution in [0.15, 0.2) is 54.7 Å². The van der Waals surface area contributed by atoms with E-state index in [1.54, 1.807) is 24.4 Å². The molecule has 3 aromatic rings. The smallest absolute Gasteiger partial charge is 0.151 e. The van der Waals surface area contributed by atoms with E-state index in [9.17, 15) is 4.79 Å². The molecule has 4 heteroatoms. The monoisotopic (exact) mass is 283 g/mol. The average Bonchev–Trinajstić information content (AvgIpc) is 2.47. The number of pyridine rings is 1. The molecule has 0 N–H and O–H groups in total. The van der Waals surface area contributed by atoms with Crippen molar-refractivity contribution in [3.05, 3.63) is 65.3 Å². The zero-order chi connectivity index (χ0) is 13.9. The molecule has 3 nitrogen and oxygen atoms in total. The molecule has 0 bridgehead atoms. The Balaban J connectivity index is 1.92. The Morgan fingerprint density at radius 2 is 1.90 bits per heavy atom. The van der Waals surface area contributed by atoms with Crippen LogP contribution in [0.3, 0.4) is 0 Å². The lowest BCUT2D eigenvalue weighted by Gasteiger charge is -2.07. The third-order valence-corrected chi connectivity index (χ3v) is 3.23. The van der Waals surface area contributed by atoms with Gasteiger partial charge in [-0.05, 0) is 24.3 Å². The fourth-order valence-corrected chi connectivity index (χ4v) is 2.12. The minimum atomic E-state index is 0.367. The molecule has 0 aliphatic carbocycles. The summed E-state index contributed by atoms with van der Waals surface area (Å²) in [6.07, 6.45) is 2.37. The van der Waals surface area contributed by atoms with Crippen molar-refractivity contribution in [3.63, 3.8) is 0 Å². The third-order valence-electron chi connectivity index (χ3n) is 2.90. The highest BCUT2D eigenvalue weighted by Gasteiger charge is 2.04. The number of rotatable bonds is 3. The highest BCUT2D eigenvalue weighted by atomic mass is 35.5. The average molecular weight is 284 g/mol. The number of hydrogen-bond donors (Lipinski definition) is 0. The molecule has 0 amide bonds. The van der Waals surface area contributed by atoms with E-state index in [1.807, 2.05) is 30.3 Å². The summed E-state index contributed by atoms with van der Waals surface area (Å²) in [6, 6.07) is 14.6. The first kappa shape index (κ1) is 12.6. The quantitative estimate of drug-likeness (QED) is 0.665. The molecule has 0 fully saturated rings. The summed E-state index contributed by atoms with van der Waals surface area (Å²) >= 11 is 5.96. The van der Waals surface area contributed by atoms with Gasteiger partial charge in [0.1, 0.15) is 11.5 Å². The van der Waals surface area contributed by atoms with Gasteiger partial charge in [-0.3, -0.25) is 9.78 Å². The Morgan fingerprint density at radius 3 is 2.70 bits per heavy atom. The van der Waals surface area contributed by atoms with E-state index in [0.717, 1.165) is 10.9 Å². The van der Waals surface area contributed by atoms with E-state index in [-0.39, 0.29) is 0 Å². The first-order valence-electron chi connectivity index (χ1n) is 6.03. The number of aldehydes is 1. The number of hydrogen-bond acceptors (Lipinski definition) is 3. The Kier molecular flexibility index (Phi) is 3.35.